The fourth-order valence-electron chi connectivity index (χ4n) is 2.29. The molecule has 2 rings (SSSR count). The van der Waals surface area contributed by atoms with E-state index in [1.54, 1.807) is 0 Å². The number of halogens is 1. The number of nitriles is 1. The predicted molar refractivity (Wildman–Crippen MR) is 73.0 cm³/mol. The first-order valence-electron chi connectivity index (χ1n) is 5.79. The standard InChI is InChI=1S/C13H16BrN3/c1-16-8-9-17(11(10-16)6-7-15)13-5-3-2-4-12(13)14/h2-5,11H,6,8-10H2,1H3. The van der Waals surface area contributed by atoms with Gasteiger partial charge in [-0.3, -0.25) is 0 Å². The van der Waals surface area contributed by atoms with Gasteiger partial charge in [0.2, 0.25) is 0 Å². The summed E-state index contributed by atoms with van der Waals surface area (Å²) in [5.41, 5.74) is 1.20. The monoisotopic (exact) mass is 293 g/mol. The van der Waals surface area contributed by atoms with Gasteiger partial charge in [-0.25, -0.2) is 0 Å². The minimum atomic E-state index is 0.289. The van der Waals surface area contributed by atoms with E-state index in [9.17, 15) is 0 Å². The lowest BCUT2D eigenvalue weighted by Gasteiger charge is -2.41. The second-order valence-corrected chi connectivity index (χ2v) is 5.28. The Bertz CT molecular complexity index is 427. The Morgan fingerprint density at radius 3 is 2.88 bits per heavy atom. The topological polar surface area (TPSA) is 30.3 Å². The highest BCUT2D eigenvalue weighted by atomic mass is 79.9. The van der Waals surface area contributed by atoms with Gasteiger partial charge < -0.3 is 9.80 Å². The molecule has 0 saturated carbocycles. The van der Waals surface area contributed by atoms with Crippen molar-refractivity contribution >= 4 is 21.6 Å². The van der Waals surface area contributed by atoms with E-state index in [4.69, 9.17) is 5.26 Å². The number of nitrogens with zero attached hydrogens (tertiary/aromatic N) is 3. The Balaban J connectivity index is 2.24. The summed E-state index contributed by atoms with van der Waals surface area (Å²) in [6.45, 7) is 2.98. The molecule has 1 saturated heterocycles. The highest BCUT2D eigenvalue weighted by molar-refractivity contribution is 9.10. The second kappa shape index (κ2) is 5.52. The Morgan fingerprint density at radius 1 is 1.41 bits per heavy atom. The van der Waals surface area contributed by atoms with Crippen LogP contribution < -0.4 is 4.90 Å². The first-order chi connectivity index (χ1) is 8.22. The minimum absolute atomic E-state index is 0.289. The third-order valence-corrected chi connectivity index (χ3v) is 3.85. The summed E-state index contributed by atoms with van der Waals surface area (Å²) in [4.78, 5) is 4.63. The zero-order chi connectivity index (χ0) is 12.3. The van der Waals surface area contributed by atoms with Crippen LogP contribution in [0.3, 0.4) is 0 Å². The zero-order valence-electron chi connectivity index (χ0n) is 9.93. The third-order valence-electron chi connectivity index (χ3n) is 3.17. The number of hydrogen-bond acceptors (Lipinski definition) is 3. The van der Waals surface area contributed by atoms with Crippen LogP contribution in [0, 0.1) is 11.3 Å². The van der Waals surface area contributed by atoms with E-state index in [0.717, 1.165) is 24.1 Å². The molecule has 3 nitrogen and oxygen atoms in total. The average molecular weight is 294 g/mol. The molecule has 1 atom stereocenters. The summed E-state index contributed by atoms with van der Waals surface area (Å²) < 4.78 is 1.10. The van der Waals surface area contributed by atoms with Crippen molar-refractivity contribution in [3.63, 3.8) is 0 Å². The van der Waals surface area contributed by atoms with Gasteiger partial charge in [0.25, 0.3) is 0 Å². The fourth-order valence-corrected chi connectivity index (χ4v) is 2.81. The van der Waals surface area contributed by atoms with E-state index in [0.29, 0.717) is 6.42 Å². The van der Waals surface area contributed by atoms with Crippen molar-refractivity contribution < 1.29 is 0 Å². The number of anilines is 1. The third kappa shape index (κ3) is 2.80. The van der Waals surface area contributed by atoms with Gasteiger partial charge in [-0.15, -0.1) is 0 Å². The van der Waals surface area contributed by atoms with Gasteiger partial charge in [-0.05, 0) is 35.1 Å². The van der Waals surface area contributed by atoms with Crippen LogP contribution in [0.5, 0.6) is 0 Å². The molecule has 1 unspecified atom stereocenters. The SMILES string of the molecule is CN1CCN(c2ccccc2Br)C(CC#N)C1. The molecule has 17 heavy (non-hydrogen) atoms. The van der Waals surface area contributed by atoms with Crippen LogP contribution in [-0.4, -0.2) is 37.6 Å². The molecule has 1 aliphatic rings. The molecule has 1 fully saturated rings. The molecule has 0 radical (unpaired) electrons. The van der Waals surface area contributed by atoms with Crippen molar-refractivity contribution in [1.82, 2.24) is 4.90 Å². The fraction of sp³-hybridized carbons (Fsp3) is 0.462. The van der Waals surface area contributed by atoms with Crippen LogP contribution in [0.25, 0.3) is 0 Å². The van der Waals surface area contributed by atoms with E-state index >= 15 is 0 Å². The summed E-state index contributed by atoms with van der Waals surface area (Å²) >= 11 is 3.59. The molecule has 0 aromatic heterocycles. The van der Waals surface area contributed by atoms with Crippen LogP contribution in [0.1, 0.15) is 6.42 Å². The lowest BCUT2D eigenvalue weighted by Crippen LogP contribution is -2.52. The second-order valence-electron chi connectivity index (χ2n) is 4.42. The molecule has 1 aliphatic heterocycles. The number of piperazine rings is 1. The van der Waals surface area contributed by atoms with Gasteiger partial charge in [-0.2, -0.15) is 5.26 Å². The van der Waals surface area contributed by atoms with Crippen molar-refractivity contribution in [2.75, 3.05) is 31.6 Å². The largest absolute Gasteiger partial charge is 0.364 e. The molecular formula is C13H16BrN3. The van der Waals surface area contributed by atoms with Crippen molar-refractivity contribution in [1.29, 1.82) is 5.26 Å². The van der Waals surface area contributed by atoms with Gasteiger partial charge in [0.1, 0.15) is 0 Å². The number of benzene rings is 1. The van der Waals surface area contributed by atoms with E-state index in [-0.39, 0.29) is 6.04 Å². The van der Waals surface area contributed by atoms with Crippen molar-refractivity contribution in [3.8, 4) is 6.07 Å². The smallest absolute Gasteiger partial charge is 0.0643 e. The van der Waals surface area contributed by atoms with Crippen LogP contribution >= 0.6 is 15.9 Å². The van der Waals surface area contributed by atoms with Gasteiger partial charge in [0, 0.05) is 24.1 Å². The normalized spacial score (nSPS) is 21.2. The van der Waals surface area contributed by atoms with Crippen molar-refractivity contribution in [2.45, 2.75) is 12.5 Å². The average Bonchev–Trinajstić information content (AvgIpc) is 2.31. The molecule has 1 aromatic rings. The van der Waals surface area contributed by atoms with E-state index in [1.165, 1.54) is 5.69 Å². The number of hydrogen-bond donors (Lipinski definition) is 0. The molecular weight excluding hydrogens is 278 g/mol. The van der Waals surface area contributed by atoms with Crippen molar-refractivity contribution in [3.05, 3.63) is 28.7 Å². The number of likely N-dealkylation sites (N-methyl/N-ethyl adjacent to an activating group) is 1. The Hall–Kier alpha value is -1.05. The Morgan fingerprint density at radius 2 is 2.18 bits per heavy atom. The summed E-state index contributed by atoms with van der Waals surface area (Å²) in [5, 5.41) is 8.93. The lowest BCUT2D eigenvalue weighted by atomic mass is 10.1. The van der Waals surface area contributed by atoms with Crippen LogP contribution in [0.4, 0.5) is 5.69 Å². The van der Waals surface area contributed by atoms with Crippen LogP contribution in [-0.2, 0) is 0 Å². The van der Waals surface area contributed by atoms with Gasteiger partial charge in [0.15, 0.2) is 0 Å². The number of rotatable bonds is 2. The zero-order valence-corrected chi connectivity index (χ0v) is 11.5. The molecule has 0 N–H and O–H groups in total. The Kier molecular flexibility index (Phi) is 4.03. The molecule has 1 aromatic carbocycles. The van der Waals surface area contributed by atoms with Crippen molar-refractivity contribution in [2.24, 2.45) is 0 Å². The number of para-hydroxylation sites is 1. The molecule has 0 bridgehead atoms. The highest BCUT2D eigenvalue weighted by Crippen LogP contribution is 2.29. The van der Waals surface area contributed by atoms with Gasteiger partial charge >= 0.3 is 0 Å². The highest BCUT2D eigenvalue weighted by Gasteiger charge is 2.26. The first-order valence-corrected chi connectivity index (χ1v) is 6.58. The van der Waals surface area contributed by atoms with Crippen LogP contribution in [0.2, 0.25) is 0 Å². The molecule has 0 amide bonds. The predicted octanol–water partition coefficient (Wildman–Crippen LogP) is 2.48. The van der Waals surface area contributed by atoms with Gasteiger partial charge in [0.05, 0.1) is 24.2 Å². The van der Waals surface area contributed by atoms with Gasteiger partial charge in [-0.1, -0.05) is 12.1 Å². The molecule has 4 heteroatoms. The summed E-state index contributed by atoms with van der Waals surface area (Å²) in [6.07, 6.45) is 0.575. The van der Waals surface area contributed by atoms with E-state index in [2.05, 4.69) is 51.0 Å². The molecule has 0 aliphatic carbocycles. The summed E-state index contributed by atoms with van der Waals surface area (Å²) in [6, 6.07) is 10.8. The first kappa shape index (κ1) is 12.4. The van der Waals surface area contributed by atoms with E-state index < -0.39 is 0 Å². The molecule has 90 valence electrons. The Labute approximate surface area is 111 Å². The molecule has 0 spiro atoms. The minimum Gasteiger partial charge on any atom is -0.364 e. The lowest BCUT2D eigenvalue weighted by molar-refractivity contribution is 0.268. The van der Waals surface area contributed by atoms with E-state index in [1.807, 2.05) is 12.1 Å². The summed E-state index contributed by atoms with van der Waals surface area (Å²) in [5.74, 6) is 0. The van der Waals surface area contributed by atoms with Crippen LogP contribution in [0.15, 0.2) is 28.7 Å². The maximum atomic E-state index is 8.93. The maximum absolute atomic E-state index is 8.93. The quantitative estimate of drug-likeness (QED) is 0.839. The summed E-state index contributed by atoms with van der Waals surface area (Å²) in [7, 11) is 2.11. The maximum Gasteiger partial charge on any atom is 0.0643 e. The molecule has 1 heterocycles.